The van der Waals surface area contributed by atoms with Gasteiger partial charge >= 0.3 is 0 Å². The average molecular weight is 319 g/mol. The number of benzene rings is 2. The third-order valence-corrected chi connectivity index (χ3v) is 4.46. The highest BCUT2D eigenvalue weighted by Crippen LogP contribution is 2.29. The Bertz CT molecular complexity index is 925. The van der Waals surface area contributed by atoms with Gasteiger partial charge in [-0.05, 0) is 42.3 Å². The monoisotopic (exact) mass is 319 g/mol. The molecule has 0 bridgehead atoms. The summed E-state index contributed by atoms with van der Waals surface area (Å²) in [5, 5.41) is 3.93. The average Bonchev–Trinajstić information content (AvgIpc) is 3.02. The Morgan fingerprint density at radius 3 is 2.79 bits per heavy atom. The fourth-order valence-corrected chi connectivity index (χ4v) is 3.13. The molecule has 2 amide bonds. The van der Waals surface area contributed by atoms with E-state index in [-0.39, 0.29) is 11.8 Å². The van der Waals surface area contributed by atoms with Crippen molar-refractivity contribution in [1.82, 2.24) is 4.98 Å². The molecule has 0 fully saturated rings. The smallest absolute Gasteiger partial charge is 0.272 e. The molecule has 0 saturated heterocycles. The number of nitrogens with zero attached hydrogens (tertiary/aromatic N) is 1. The van der Waals surface area contributed by atoms with E-state index in [4.69, 9.17) is 0 Å². The van der Waals surface area contributed by atoms with Crippen LogP contribution in [0.25, 0.3) is 10.9 Å². The van der Waals surface area contributed by atoms with E-state index in [0.717, 1.165) is 27.8 Å². The van der Waals surface area contributed by atoms with Gasteiger partial charge in [0.1, 0.15) is 5.69 Å². The molecule has 24 heavy (non-hydrogen) atoms. The Morgan fingerprint density at radius 1 is 1.12 bits per heavy atom. The molecule has 0 aliphatic carbocycles. The van der Waals surface area contributed by atoms with Crippen molar-refractivity contribution in [3.63, 3.8) is 0 Å². The van der Waals surface area contributed by atoms with E-state index >= 15 is 0 Å². The fourth-order valence-electron chi connectivity index (χ4n) is 3.13. The van der Waals surface area contributed by atoms with E-state index in [2.05, 4.69) is 10.3 Å². The van der Waals surface area contributed by atoms with Gasteiger partial charge in [-0.3, -0.25) is 9.59 Å². The number of carbonyl (C=O) groups excluding carboxylic acids is 2. The van der Waals surface area contributed by atoms with Gasteiger partial charge in [-0.15, -0.1) is 0 Å². The highest BCUT2D eigenvalue weighted by Gasteiger charge is 2.21. The van der Waals surface area contributed by atoms with Gasteiger partial charge < -0.3 is 15.2 Å². The summed E-state index contributed by atoms with van der Waals surface area (Å²) in [4.78, 5) is 29.0. The van der Waals surface area contributed by atoms with Crippen LogP contribution in [0.1, 0.15) is 22.5 Å². The van der Waals surface area contributed by atoms with Gasteiger partial charge in [-0.25, -0.2) is 0 Å². The number of amides is 2. The number of nitrogens with one attached hydrogen (secondary N) is 2. The number of anilines is 2. The summed E-state index contributed by atoms with van der Waals surface area (Å²) >= 11 is 0. The SMILES string of the molecule is CN1C(=O)CCc2cc(NC(=O)c3cc4ccccc4[nH]3)ccc21. The predicted molar refractivity (Wildman–Crippen MR) is 94.4 cm³/mol. The highest BCUT2D eigenvalue weighted by atomic mass is 16.2. The van der Waals surface area contributed by atoms with Crippen molar-refractivity contribution >= 4 is 34.1 Å². The van der Waals surface area contributed by atoms with E-state index in [1.165, 1.54) is 0 Å². The lowest BCUT2D eigenvalue weighted by Gasteiger charge is -2.26. The molecule has 1 aromatic heterocycles. The molecule has 0 atom stereocenters. The first-order valence-electron chi connectivity index (χ1n) is 7.90. The topological polar surface area (TPSA) is 65.2 Å². The van der Waals surface area contributed by atoms with Gasteiger partial charge in [0.15, 0.2) is 0 Å². The molecule has 0 spiro atoms. The summed E-state index contributed by atoms with van der Waals surface area (Å²) < 4.78 is 0. The summed E-state index contributed by atoms with van der Waals surface area (Å²) in [7, 11) is 1.78. The second-order valence-corrected chi connectivity index (χ2v) is 6.02. The molecule has 2 heterocycles. The summed E-state index contributed by atoms with van der Waals surface area (Å²) in [5.41, 5.74) is 4.19. The Morgan fingerprint density at radius 2 is 1.96 bits per heavy atom. The zero-order chi connectivity index (χ0) is 16.7. The predicted octanol–water partition coefficient (Wildman–Crippen LogP) is 3.33. The largest absolute Gasteiger partial charge is 0.351 e. The van der Waals surface area contributed by atoms with Gasteiger partial charge in [0.25, 0.3) is 5.91 Å². The minimum atomic E-state index is -0.175. The van der Waals surface area contributed by atoms with Crippen LogP contribution in [-0.4, -0.2) is 23.8 Å². The lowest BCUT2D eigenvalue weighted by atomic mass is 10.0. The first-order valence-corrected chi connectivity index (χ1v) is 7.90. The number of aryl methyl sites for hydroxylation is 1. The molecule has 0 radical (unpaired) electrons. The normalized spacial score (nSPS) is 13.9. The van der Waals surface area contributed by atoms with E-state index < -0.39 is 0 Å². The van der Waals surface area contributed by atoms with E-state index in [1.54, 1.807) is 11.9 Å². The van der Waals surface area contributed by atoms with Crippen molar-refractivity contribution in [2.24, 2.45) is 0 Å². The molecule has 4 rings (SSSR count). The van der Waals surface area contributed by atoms with Crippen molar-refractivity contribution in [3.05, 3.63) is 59.8 Å². The van der Waals surface area contributed by atoms with Gasteiger partial charge in [0.05, 0.1) is 0 Å². The molecule has 2 N–H and O–H groups in total. The first kappa shape index (κ1) is 14.5. The van der Waals surface area contributed by atoms with Crippen LogP contribution in [0.5, 0.6) is 0 Å². The maximum absolute atomic E-state index is 12.5. The number of hydrogen-bond donors (Lipinski definition) is 2. The van der Waals surface area contributed by atoms with Crippen LogP contribution in [-0.2, 0) is 11.2 Å². The maximum atomic E-state index is 12.5. The quantitative estimate of drug-likeness (QED) is 0.761. The highest BCUT2D eigenvalue weighted by molar-refractivity contribution is 6.06. The number of aromatic amines is 1. The third-order valence-electron chi connectivity index (χ3n) is 4.46. The minimum absolute atomic E-state index is 0.123. The summed E-state index contributed by atoms with van der Waals surface area (Å²) in [6.07, 6.45) is 1.21. The number of carbonyl (C=O) groups is 2. The van der Waals surface area contributed by atoms with Crippen molar-refractivity contribution in [2.45, 2.75) is 12.8 Å². The van der Waals surface area contributed by atoms with E-state index in [1.807, 2.05) is 48.5 Å². The molecule has 1 aliphatic heterocycles. The zero-order valence-electron chi connectivity index (χ0n) is 13.3. The molecule has 5 nitrogen and oxygen atoms in total. The van der Waals surface area contributed by atoms with E-state index in [0.29, 0.717) is 18.5 Å². The molecular weight excluding hydrogens is 302 g/mol. The van der Waals surface area contributed by atoms with E-state index in [9.17, 15) is 9.59 Å². The number of rotatable bonds is 2. The maximum Gasteiger partial charge on any atom is 0.272 e. The lowest BCUT2D eigenvalue weighted by molar-refractivity contribution is -0.118. The molecule has 3 aromatic rings. The second kappa shape index (κ2) is 5.53. The summed E-state index contributed by atoms with van der Waals surface area (Å²) in [6, 6.07) is 15.3. The van der Waals surface area contributed by atoms with Crippen molar-refractivity contribution in [3.8, 4) is 0 Å². The number of aromatic nitrogens is 1. The van der Waals surface area contributed by atoms with Crippen LogP contribution >= 0.6 is 0 Å². The number of fused-ring (bicyclic) bond motifs is 2. The zero-order valence-corrected chi connectivity index (χ0v) is 13.3. The van der Waals surface area contributed by atoms with Gasteiger partial charge in [-0.2, -0.15) is 0 Å². The Hall–Kier alpha value is -3.08. The number of para-hydroxylation sites is 1. The minimum Gasteiger partial charge on any atom is -0.351 e. The Balaban J connectivity index is 1.59. The molecule has 1 aliphatic rings. The number of hydrogen-bond acceptors (Lipinski definition) is 2. The molecular formula is C19H17N3O2. The molecule has 5 heteroatoms. The van der Waals surface area contributed by atoms with Crippen molar-refractivity contribution in [2.75, 3.05) is 17.3 Å². The summed E-state index contributed by atoms with van der Waals surface area (Å²) in [5.74, 6) is -0.0521. The molecule has 0 unspecified atom stereocenters. The van der Waals surface area contributed by atoms with Crippen molar-refractivity contribution in [1.29, 1.82) is 0 Å². The Kier molecular flexibility index (Phi) is 3.34. The molecule has 120 valence electrons. The molecule has 2 aromatic carbocycles. The van der Waals surface area contributed by atoms with Gasteiger partial charge in [0.2, 0.25) is 5.91 Å². The second-order valence-electron chi connectivity index (χ2n) is 6.02. The van der Waals surface area contributed by atoms with Crippen LogP contribution in [0.15, 0.2) is 48.5 Å². The summed E-state index contributed by atoms with van der Waals surface area (Å²) in [6.45, 7) is 0. The van der Waals surface area contributed by atoms with Crippen LogP contribution < -0.4 is 10.2 Å². The Labute approximate surface area is 139 Å². The molecule has 0 saturated carbocycles. The van der Waals surface area contributed by atoms with Crippen LogP contribution in [0.2, 0.25) is 0 Å². The first-order chi connectivity index (χ1) is 11.6. The van der Waals surface area contributed by atoms with Crippen LogP contribution in [0.3, 0.4) is 0 Å². The number of H-pyrrole nitrogens is 1. The van der Waals surface area contributed by atoms with Gasteiger partial charge in [0, 0.05) is 35.7 Å². The lowest BCUT2D eigenvalue weighted by Crippen LogP contribution is -2.31. The third kappa shape index (κ3) is 2.44. The van der Waals surface area contributed by atoms with Crippen LogP contribution in [0, 0.1) is 0 Å². The van der Waals surface area contributed by atoms with Crippen LogP contribution in [0.4, 0.5) is 11.4 Å². The standard InChI is InChI=1S/C19H17N3O2/c1-22-17-8-7-14(10-13(17)6-9-18(22)23)20-19(24)16-11-12-4-2-3-5-15(12)21-16/h2-5,7-8,10-11,21H,6,9H2,1H3,(H,20,24). The van der Waals surface area contributed by atoms with Gasteiger partial charge in [-0.1, -0.05) is 18.2 Å². The van der Waals surface area contributed by atoms with Crippen molar-refractivity contribution < 1.29 is 9.59 Å². The fraction of sp³-hybridized carbons (Fsp3) is 0.158.